The zero-order valence-corrected chi connectivity index (χ0v) is 7.02. The number of halogens is 1. The fraction of sp³-hybridized carbons (Fsp3) is 0.429. The van der Waals surface area contributed by atoms with E-state index in [1.54, 1.807) is 0 Å². The Hall–Kier alpha value is -0.280. The third-order valence-corrected chi connectivity index (χ3v) is 2.20. The molecule has 2 rings (SSSR count). The van der Waals surface area contributed by atoms with Crippen molar-refractivity contribution in [3.05, 3.63) is 22.6 Å². The summed E-state index contributed by atoms with van der Waals surface area (Å²) in [6, 6.07) is 3.96. The van der Waals surface area contributed by atoms with Gasteiger partial charge in [0.25, 0.3) is 0 Å². The first-order chi connectivity index (χ1) is 4.86. The van der Waals surface area contributed by atoms with Crippen molar-refractivity contribution in [2.75, 3.05) is 13.1 Å². The summed E-state index contributed by atoms with van der Waals surface area (Å²) < 4.78 is 6.19. The van der Waals surface area contributed by atoms with Crippen LogP contribution in [0.5, 0.6) is 0 Å². The van der Waals surface area contributed by atoms with E-state index in [0.717, 1.165) is 23.5 Å². The largest absolute Gasteiger partial charge is 0.454 e. The highest BCUT2D eigenvalue weighted by molar-refractivity contribution is 9.10. The third kappa shape index (κ3) is 0.995. The molecule has 1 aromatic rings. The number of nitrogens with one attached hydrogen (secondary N) is 1. The lowest BCUT2D eigenvalue weighted by Gasteiger charge is -2.24. The molecule has 1 aromatic heterocycles. The molecule has 0 amide bonds. The van der Waals surface area contributed by atoms with Gasteiger partial charge in [0.05, 0.1) is 0 Å². The number of hydrogen-bond donors (Lipinski definition) is 1. The normalized spacial score (nSPS) is 18.9. The Morgan fingerprint density at radius 1 is 1.50 bits per heavy atom. The minimum absolute atomic E-state index is 0.603. The molecule has 0 atom stereocenters. The van der Waals surface area contributed by atoms with Gasteiger partial charge >= 0.3 is 0 Å². The molecular weight excluding hydrogens is 194 g/mol. The molecule has 0 unspecified atom stereocenters. The van der Waals surface area contributed by atoms with Gasteiger partial charge in [-0.25, -0.2) is 0 Å². The molecule has 0 radical (unpaired) electrons. The Balaban J connectivity index is 2.17. The van der Waals surface area contributed by atoms with Crippen LogP contribution >= 0.6 is 15.9 Å². The lowest BCUT2D eigenvalue weighted by Crippen LogP contribution is -2.39. The Bertz CT molecular complexity index is 229. The molecule has 2 nitrogen and oxygen atoms in total. The average molecular weight is 202 g/mol. The Morgan fingerprint density at radius 2 is 2.30 bits per heavy atom. The second-order valence-corrected chi connectivity index (χ2v) is 3.28. The molecule has 0 aromatic carbocycles. The van der Waals surface area contributed by atoms with E-state index in [2.05, 4.69) is 21.2 Å². The number of hydrogen-bond acceptors (Lipinski definition) is 2. The summed E-state index contributed by atoms with van der Waals surface area (Å²) in [4.78, 5) is 0. The summed E-state index contributed by atoms with van der Waals surface area (Å²) in [6.07, 6.45) is 0. The predicted octanol–water partition coefficient (Wildman–Crippen LogP) is 1.73. The topological polar surface area (TPSA) is 25.2 Å². The van der Waals surface area contributed by atoms with Gasteiger partial charge in [-0.15, -0.1) is 0 Å². The van der Waals surface area contributed by atoms with Crippen molar-refractivity contribution in [1.29, 1.82) is 0 Å². The zero-order chi connectivity index (χ0) is 6.97. The molecule has 1 fully saturated rings. The van der Waals surface area contributed by atoms with Crippen molar-refractivity contribution in [3.8, 4) is 0 Å². The van der Waals surface area contributed by atoms with Crippen molar-refractivity contribution in [1.82, 2.24) is 5.32 Å². The molecule has 1 N–H and O–H groups in total. The highest BCUT2D eigenvalue weighted by Crippen LogP contribution is 2.24. The van der Waals surface area contributed by atoms with Gasteiger partial charge in [0.2, 0.25) is 0 Å². The number of rotatable bonds is 1. The monoisotopic (exact) mass is 201 g/mol. The maximum Gasteiger partial charge on any atom is 0.169 e. The van der Waals surface area contributed by atoms with Gasteiger partial charge in [0.15, 0.2) is 4.67 Å². The lowest BCUT2D eigenvalue weighted by atomic mass is 10.0. The van der Waals surface area contributed by atoms with E-state index in [4.69, 9.17) is 4.42 Å². The Labute approximate surface area is 67.7 Å². The Kier molecular flexibility index (Phi) is 1.54. The molecule has 3 heteroatoms. The fourth-order valence-corrected chi connectivity index (χ4v) is 1.36. The van der Waals surface area contributed by atoms with E-state index < -0.39 is 0 Å². The predicted molar refractivity (Wildman–Crippen MR) is 42.0 cm³/mol. The van der Waals surface area contributed by atoms with Gasteiger partial charge in [-0.2, -0.15) is 0 Å². The molecule has 0 aliphatic carbocycles. The van der Waals surface area contributed by atoms with Crippen molar-refractivity contribution in [3.63, 3.8) is 0 Å². The summed E-state index contributed by atoms with van der Waals surface area (Å²) in [6.45, 7) is 2.11. The van der Waals surface area contributed by atoms with Gasteiger partial charge in [-0.1, -0.05) is 0 Å². The molecule has 0 saturated carbocycles. The van der Waals surface area contributed by atoms with Crippen LogP contribution in [0.2, 0.25) is 0 Å². The minimum atomic E-state index is 0.603. The van der Waals surface area contributed by atoms with Crippen LogP contribution in [0, 0.1) is 0 Å². The standard InChI is InChI=1S/C7H8BrNO/c8-7-2-1-6(10-7)5-3-9-4-5/h1-2,5,9H,3-4H2. The van der Waals surface area contributed by atoms with Gasteiger partial charge < -0.3 is 9.73 Å². The smallest absolute Gasteiger partial charge is 0.169 e. The van der Waals surface area contributed by atoms with Crippen LogP contribution in [0.15, 0.2) is 21.2 Å². The van der Waals surface area contributed by atoms with Gasteiger partial charge in [0.1, 0.15) is 5.76 Å². The summed E-state index contributed by atoms with van der Waals surface area (Å²) in [7, 11) is 0. The van der Waals surface area contributed by atoms with Crippen LogP contribution < -0.4 is 5.32 Å². The van der Waals surface area contributed by atoms with Crippen LogP contribution in [0.4, 0.5) is 0 Å². The lowest BCUT2D eigenvalue weighted by molar-refractivity contribution is 0.362. The van der Waals surface area contributed by atoms with Gasteiger partial charge in [-0.3, -0.25) is 0 Å². The summed E-state index contributed by atoms with van der Waals surface area (Å²) in [5.74, 6) is 1.69. The molecule has 1 aliphatic heterocycles. The molecule has 1 aliphatic rings. The highest BCUT2D eigenvalue weighted by Gasteiger charge is 2.21. The average Bonchev–Trinajstić information content (AvgIpc) is 2.10. The van der Waals surface area contributed by atoms with Gasteiger partial charge in [0, 0.05) is 19.0 Å². The summed E-state index contributed by atoms with van der Waals surface area (Å²) >= 11 is 3.27. The van der Waals surface area contributed by atoms with Crippen LogP contribution in [-0.4, -0.2) is 13.1 Å². The quantitative estimate of drug-likeness (QED) is 0.750. The van der Waals surface area contributed by atoms with Crippen molar-refractivity contribution < 1.29 is 4.42 Å². The third-order valence-electron chi connectivity index (χ3n) is 1.78. The first-order valence-electron chi connectivity index (χ1n) is 3.32. The maximum atomic E-state index is 5.36. The molecule has 0 bridgehead atoms. The van der Waals surface area contributed by atoms with Crippen LogP contribution in [0.3, 0.4) is 0 Å². The SMILES string of the molecule is Brc1ccc(C2CNC2)o1. The fourth-order valence-electron chi connectivity index (χ4n) is 1.04. The zero-order valence-electron chi connectivity index (χ0n) is 5.43. The van der Waals surface area contributed by atoms with Crippen molar-refractivity contribution in [2.45, 2.75) is 5.92 Å². The molecule has 2 heterocycles. The van der Waals surface area contributed by atoms with E-state index in [9.17, 15) is 0 Å². The first-order valence-corrected chi connectivity index (χ1v) is 4.11. The molecular formula is C7H8BrNO. The molecule has 1 saturated heterocycles. The van der Waals surface area contributed by atoms with E-state index >= 15 is 0 Å². The Morgan fingerprint density at radius 3 is 2.70 bits per heavy atom. The summed E-state index contributed by atoms with van der Waals surface area (Å²) in [5, 5.41) is 3.19. The van der Waals surface area contributed by atoms with E-state index in [1.807, 2.05) is 12.1 Å². The maximum absolute atomic E-state index is 5.36. The molecule has 10 heavy (non-hydrogen) atoms. The van der Waals surface area contributed by atoms with Crippen molar-refractivity contribution >= 4 is 15.9 Å². The van der Waals surface area contributed by atoms with Gasteiger partial charge in [-0.05, 0) is 28.1 Å². The second-order valence-electron chi connectivity index (χ2n) is 2.50. The van der Waals surface area contributed by atoms with Crippen LogP contribution in [0.1, 0.15) is 11.7 Å². The van der Waals surface area contributed by atoms with Crippen LogP contribution in [-0.2, 0) is 0 Å². The molecule has 54 valence electrons. The van der Waals surface area contributed by atoms with E-state index in [0.29, 0.717) is 5.92 Å². The van der Waals surface area contributed by atoms with E-state index in [-0.39, 0.29) is 0 Å². The van der Waals surface area contributed by atoms with Crippen molar-refractivity contribution in [2.24, 2.45) is 0 Å². The van der Waals surface area contributed by atoms with E-state index in [1.165, 1.54) is 0 Å². The summed E-state index contributed by atoms with van der Waals surface area (Å²) in [5.41, 5.74) is 0. The first kappa shape index (κ1) is 6.43. The van der Waals surface area contributed by atoms with Crippen LogP contribution in [0.25, 0.3) is 0 Å². The minimum Gasteiger partial charge on any atom is -0.454 e. The molecule has 0 spiro atoms. The highest BCUT2D eigenvalue weighted by atomic mass is 79.9. The second kappa shape index (κ2) is 2.40. The number of furan rings is 1.